The number of rotatable bonds is 4. The van der Waals surface area contributed by atoms with Crippen LogP contribution in [0.3, 0.4) is 0 Å². The molecule has 2 fully saturated rings. The van der Waals surface area contributed by atoms with Gasteiger partial charge in [-0.25, -0.2) is 33.1 Å². The van der Waals surface area contributed by atoms with Gasteiger partial charge in [-0.2, -0.15) is 0 Å². The summed E-state index contributed by atoms with van der Waals surface area (Å²) in [6.07, 6.45) is -10.5. The first-order chi connectivity index (χ1) is 22.8. The van der Waals surface area contributed by atoms with Crippen molar-refractivity contribution in [2.45, 2.75) is 43.1 Å². The van der Waals surface area contributed by atoms with E-state index in [4.69, 9.17) is 45.1 Å². The van der Waals surface area contributed by atoms with Crippen molar-refractivity contribution >= 4 is 43.3 Å². The van der Waals surface area contributed by atoms with Gasteiger partial charge in [0.25, 0.3) is 5.56 Å². The third kappa shape index (κ3) is 6.89. The van der Waals surface area contributed by atoms with Gasteiger partial charge in [0.1, 0.15) is 30.2 Å². The summed E-state index contributed by atoms with van der Waals surface area (Å²) in [5, 5.41) is 0. The molecule has 2 aliphatic heterocycles. The van der Waals surface area contributed by atoms with E-state index in [1.807, 2.05) is 0 Å². The number of nitrogens with zero attached hydrogens (tertiary/aromatic N) is 5. The number of aromatic nitrogens is 6. The molecule has 23 heteroatoms. The Bertz CT molecular complexity index is 2020. The van der Waals surface area contributed by atoms with Crippen molar-refractivity contribution in [1.29, 1.82) is 0 Å². The van der Waals surface area contributed by atoms with Crippen molar-refractivity contribution in [3.05, 3.63) is 70.0 Å². The summed E-state index contributed by atoms with van der Waals surface area (Å²) in [7, 11) is -4.21. The Kier molecular flexibility index (Phi) is 9.73. The Morgan fingerprint density at radius 3 is 2.52 bits per heavy atom. The highest BCUT2D eigenvalue weighted by Crippen LogP contribution is 2.53. The molecular weight excluding hydrogens is 706 g/mol. The zero-order chi connectivity index (χ0) is 34.4. The van der Waals surface area contributed by atoms with Crippen molar-refractivity contribution in [3.8, 4) is 11.1 Å². The fourth-order valence-electron chi connectivity index (χ4n) is 5.15. The van der Waals surface area contributed by atoms with Gasteiger partial charge in [-0.3, -0.25) is 32.5 Å². The highest BCUT2D eigenvalue weighted by atomic mass is 32.5. The average molecular weight is 734 g/mol. The van der Waals surface area contributed by atoms with E-state index in [2.05, 4.69) is 19.9 Å². The second-order valence-electron chi connectivity index (χ2n) is 10.5. The van der Waals surface area contributed by atoms with E-state index in [1.165, 1.54) is 0 Å². The molecule has 0 aliphatic carbocycles. The number of nitrogens with one attached hydrogen (secondary N) is 1. The van der Waals surface area contributed by atoms with Crippen molar-refractivity contribution in [1.82, 2.24) is 29.1 Å². The summed E-state index contributed by atoms with van der Waals surface area (Å²) in [5.74, 6) is -0.0794. The Labute approximate surface area is 273 Å². The molecule has 3 unspecified atom stereocenters. The van der Waals surface area contributed by atoms with E-state index in [1.54, 1.807) is 30.3 Å². The fourth-order valence-corrected chi connectivity index (χ4v) is 7.48. The monoisotopic (exact) mass is 733 g/mol. The Morgan fingerprint density at radius 1 is 1.04 bits per heavy atom. The smallest absolute Gasteiger partial charge is 0.382 e. The number of methoxy groups -OCH3 is 1. The molecule has 2 aliphatic rings. The molecule has 0 saturated carbocycles. The van der Waals surface area contributed by atoms with Crippen LogP contribution in [0.1, 0.15) is 12.5 Å². The van der Waals surface area contributed by atoms with Crippen LogP contribution in [-0.2, 0) is 43.9 Å². The average Bonchev–Trinajstić information content (AvgIpc) is 3.61. The summed E-state index contributed by atoms with van der Waals surface area (Å²) in [6, 6.07) is 8.17. The molecule has 4 aromatic rings. The molecule has 2 saturated heterocycles. The van der Waals surface area contributed by atoms with E-state index < -0.39 is 82.1 Å². The van der Waals surface area contributed by atoms with Gasteiger partial charge in [0.2, 0.25) is 0 Å². The van der Waals surface area contributed by atoms with E-state index in [0.29, 0.717) is 5.56 Å². The number of imidazole rings is 1. The predicted octanol–water partition coefficient (Wildman–Crippen LogP) is 1.48. The number of aromatic amines is 1. The largest absolute Gasteiger partial charge is 0.474 e. The summed E-state index contributed by atoms with van der Waals surface area (Å²) in [4.78, 5) is 61.0. The number of benzene rings is 1. The van der Waals surface area contributed by atoms with Crippen LogP contribution in [0.4, 0.5) is 14.6 Å². The molecule has 48 heavy (non-hydrogen) atoms. The minimum absolute atomic E-state index is 0.00865. The van der Waals surface area contributed by atoms with E-state index >= 15 is 8.78 Å². The number of hydrogen-bond acceptors (Lipinski definition) is 14. The van der Waals surface area contributed by atoms with Gasteiger partial charge in [0.05, 0.1) is 25.1 Å². The molecule has 1 aromatic carbocycles. The van der Waals surface area contributed by atoms with Crippen LogP contribution in [0, 0.1) is 0 Å². The number of nitrogens with two attached hydrogens (primary N) is 1. The maximum absolute atomic E-state index is 16.2. The highest BCUT2D eigenvalue weighted by Gasteiger charge is 2.51. The number of ether oxygens (including phenoxy) is 2. The van der Waals surface area contributed by atoms with Crippen molar-refractivity contribution in [2.75, 3.05) is 26.1 Å². The number of hydrogen-bond donors (Lipinski definition) is 4. The minimum Gasteiger partial charge on any atom is -0.382 e. The fraction of sp³-hybridized carbons (Fsp3) is 0.400. The summed E-state index contributed by atoms with van der Waals surface area (Å²) in [6.45, 7) is -6.23. The number of nitrogen functional groups attached to an aromatic ring is 1. The normalized spacial score (nSPS) is 33.4. The first-order valence-electron chi connectivity index (χ1n) is 13.9. The maximum Gasteiger partial charge on any atom is 0.474 e. The highest BCUT2D eigenvalue weighted by molar-refractivity contribution is 8.07. The van der Waals surface area contributed by atoms with Crippen LogP contribution in [0.5, 0.6) is 0 Å². The zero-order valence-electron chi connectivity index (χ0n) is 24.5. The number of H-pyrrole nitrogens is 1. The van der Waals surface area contributed by atoms with Crippen LogP contribution in [0.15, 0.2) is 58.8 Å². The second kappa shape index (κ2) is 13.5. The van der Waals surface area contributed by atoms with Gasteiger partial charge < -0.3 is 29.5 Å². The van der Waals surface area contributed by atoms with Gasteiger partial charge >= 0.3 is 20.2 Å². The standard InChI is InChI=1S/C25H27F2N7O11P2S/c1-40-14-8-42-47(39,48)44-19-15(43-23(17(19)27)33-7-13(22(35)32-25(33)36)12-5-3-2-4-6-12)9-41-46(37,38)45-24(16(14)26)34-11-31-18-20(28)29-10-30-21(18)34/h2-7,10-11,14-17,19,23-24H,8-9H2,1H3,(H,37,38)(H,39,48)(H2,28,29,30)(H,32,35,36)/t14-,15-,16-,17?,19-,23-,24-,47?/m1/s1. The lowest BCUT2D eigenvalue weighted by molar-refractivity contribution is -0.0789. The SMILES string of the molecule is CO[C@@H]1COP(O)(=S)O[C@H]2C(F)[C@H](n3cc(-c4ccccc4)c(=O)[nH]c3=O)O[C@@H]2COP(=O)(O)O[C@@H](n2cnc3c(N)ncnc32)[C@@H]1F. The number of phosphoric ester groups is 1. The van der Waals surface area contributed by atoms with Crippen molar-refractivity contribution in [3.63, 3.8) is 0 Å². The maximum atomic E-state index is 16.2. The molecule has 3 aromatic heterocycles. The molecular formula is C25H27F2N7O11P2S. The summed E-state index contributed by atoms with van der Waals surface area (Å²) < 4.78 is 79.3. The molecule has 0 radical (unpaired) electrons. The Hall–Kier alpha value is -3.33. The number of phosphoric acid groups is 1. The van der Waals surface area contributed by atoms with Gasteiger partial charge in [-0.05, 0) is 17.4 Å². The van der Waals surface area contributed by atoms with Gasteiger partial charge in [-0.15, -0.1) is 0 Å². The van der Waals surface area contributed by atoms with E-state index in [-0.39, 0.29) is 22.5 Å². The molecule has 5 N–H and O–H groups in total. The third-order valence-corrected chi connectivity index (χ3v) is 10.0. The Balaban J connectivity index is 1.36. The molecule has 6 rings (SSSR count). The van der Waals surface area contributed by atoms with Gasteiger partial charge in [-0.1, -0.05) is 30.3 Å². The number of alkyl halides is 2. The molecule has 0 spiro atoms. The number of anilines is 1. The molecule has 258 valence electrons. The first-order valence-corrected chi connectivity index (χ1v) is 18.0. The summed E-state index contributed by atoms with van der Waals surface area (Å²) in [5.41, 5.74) is 4.33. The van der Waals surface area contributed by atoms with E-state index in [9.17, 15) is 23.9 Å². The third-order valence-electron chi connectivity index (χ3n) is 7.49. The van der Waals surface area contributed by atoms with Crippen LogP contribution in [-0.4, -0.2) is 89.8 Å². The van der Waals surface area contributed by atoms with Gasteiger partial charge in [0, 0.05) is 13.3 Å². The van der Waals surface area contributed by atoms with Gasteiger partial charge in [0.15, 0.2) is 36.3 Å². The molecule has 5 heterocycles. The van der Waals surface area contributed by atoms with Crippen molar-refractivity contribution in [2.24, 2.45) is 0 Å². The zero-order valence-corrected chi connectivity index (χ0v) is 27.1. The van der Waals surface area contributed by atoms with Crippen LogP contribution in [0.2, 0.25) is 0 Å². The molecule has 9 atom stereocenters. The summed E-state index contributed by atoms with van der Waals surface area (Å²) >= 11 is 5.07. The predicted molar refractivity (Wildman–Crippen MR) is 164 cm³/mol. The first kappa shape index (κ1) is 34.5. The topological polar surface area (TPSA) is 237 Å². The number of halogens is 2. The Morgan fingerprint density at radius 2 is 1.79 bits per heavy atom. The lowest BCUT2D eigenvalue weighted by Gasteiger charge is -2.29. The lowest BCUT2D eigenvalue weighted by Crippen LogP contribution is -2.38. The lowest BCUT2D eigenvalue weighted by atomic mass is 10.1. The van der Waals surface area contributed by atoms with Crippen molar-refractivity contribution < 1.29 is 50.7 Å². The van der Waals surface area contributed by atoms with Crippen LogP contribution >= 0.6 is 14.5 Å². The molecule has 0 bridgehead atoms. The molecule has 0 amide bonds. The minimum atomic E-state index is -5.28. The van der Waals surface area contributed by atoms with Crippen LogP contribution in [0.25, 0.3) is 22.3 Å². The second-order valence-corrected chi connectivity index (χ2v) is 14.7. The quantitative estimate of drug-likeness (QED) is 0.217. The number of fused-ring (bicyclic) bond motifs is 2. The van der Waals surface area contributed by atoms with E-state index in [0.717, 1.165) is 35.1 Å². The van der Waals surface area contributed by atoms with Crippen LogP contribution < -0.4 is 17.0 Å². The molecule has 18 nitrogen and oxygen atoms in total.